The van der Waals surface area contributed by atoms with E-state index in [1.165, 1.54) is 0 Å². The number of carboxylic acid groups (broad SMARTS) is 2. The van der Waals surface area contributed by atoms with Crippen LogP contribution < -0.4 is 5.32 Å². The smallest absolute Gasteiger partial charge is 0.308 e. The molecule has 1 rings (SSSR count). The molecule has 0 aliphatic rings. The van der Waals surface area contributed by atoms with Gasteiger partial charge < -0.3 is 15.5 Å². The van der Waals surface area contributed by atoms with E-state index in [9.17, 15) is 9.59 Å². The Morgan fingerprint density at radius 3 is 2.63 bits per heavy atom. The lowest BCUT2D eigenvalue weighted by molar-refractivity contribution is -0.148. The number of nitrogens with one attached hydrogen (secondary N) is 1. The van der Waals surface area contributed by atoms with Crippen molar-refractivity contribution < 1.29 is 19.8 Å². The summed E-state index contributed by atoms with van der Waals surface area (Å²) in [5.74, 6) is -3.07. The van der Waals surface area contributed by atoms with Crippen LogP contribution in [0.4, 0.5) is 0 Å². The highest BCUT2D eigenvalue weighted by molar-refractivity contribution is 9.10. The molecular formula is C13H16BrNO4. The molecule has 0 aliphatic heterocycles. The fraction of sp³-hybridized carbons (Fsp3) is 0.385. The summed E-state index contributed by atoms with van der Waals surface area (Å²) in [7, 11) is 0. The largest absolute Gasteiger partial charge is 0.481 e. The third kappa shape index (κ3) is 6.35. The lowest BCUT2D eigenvalue weighted by atomic mass is 10.1. The molecule has 0 aliphatic carbocycles. The van der Waals surface area contributed by atoms with Crippen molar-refractivity contribution in [1.29, 1.82) is 0 Å². The average molecular weight is 330 g/mol. The maximum Gasteiger partial charge on any atom is 0.308 e. The van der Waals surface area contributed by atoms with Crippen LogP contribution in [0.2, 0.25) is 0 Å². The topological polar surface area (TPSA) is 86.6 Å². The van der Waals surface area contributed by atoms with Crippen LogP contribution in [-0.4, -0.2) is 35.2 Å². The van der Waals surface area contributed by atoms with Crippen LogP contribution in [-0.2, 0) is 16.0 Å². The lowest BCUT2D eigenvalue weighted by Crippen LogP contribution is -2.31. The number of benzene rings is 1. The Labute approximate surface area is 119 Å². The van der Waals surface area contributed by atoms with Gasteiger partial charge in [0.25, 0.3) is 0 Å². The van der Waals surface area contributed by atoms with E-state index in [0.29, 0.717) is 6.54 Å². The average Bonchev–Trinajstić information content (AvgIpc) is 2.32. The first kappa shape index (κ1) is 15.7. The van der Waals surface area contributed by atoms with Gasteiger partial charge in [-0.2, -0.15) is 0 Å². The molecule has 1 unspecified atom stereocenters. The first-order chi connectivity index (χ1) is 8.99. The zero-order chi connectivity index (χ0) is 14.3. The van der Waals surface area contributed by atoms with Crippen molar-refractivity contribution in [3.8, 4) is 0 Å². The molecule has 0 aromatic heterocycles. The molecule has 0 saturated carbocycles. The lowest BCUT2D eigenvalue weighted by Gasteiger charge is -2.11. The molecule has 1 aromatic carbocycles. The number of aliphatic carboxylic acids is 2. The Hall–Kier alpha value is -1.40. The van der Waals surface area contributed by atoms with Crippen LogP contribution in [0.25, 0.3) is 0 Å². The quantitative estimate of drug-likeness (QED) is 0.632. The third-order valence-corrected chi connectivity index (χ3v) is 3.13. The highest BCUT2D eigenvalue weighted by atomic mass is 79.9. The van der Waals surface area contributed by atoms with E-state index >= 15 is 0 Å². The fourth-order valence-corrected chi connectivity index (χ4v) is 2.11. The molecule has 0 fully saturated rings. The Kier molecular flexibility index (Phi) is 6.52. The van der Waals surface area contributed by atoms with E-state index in [-0.39, 0.29) is 13.0 Å². The number of carbonyl (C=O) groups is 2. The summed E-state index contributed by atoms with van der Waals surface area (Å²) >= 11 is 3.38. The van der Waals surface area contributed by atoms with Crippen molar-refractivity contribution in [3.63, 3.8) is 0 Å². The van der Waals surface area contributed by atoms with Crippen LogP contribution in [0, 0.1) is 5.92 Å². The van der Waals surface area contributed by atoms with Gasteiger partial charge in [0.15, 0.2) is 0 Å². The van der Waals surface area contributed by atoms with Crippen LogP contribution in [0.1, 0.15) is 12.0 Å². The highest BCUT2D eigenvalue weighted by Crippen LogP contribution is 2.11. The molecule has 1 atom stereocenters. The minimum absolute atomic E-state index is 0.162. The normalized spacial score (nSPS) is 12.1. The molecule has 0 bridgehead atoms. The van der Waals surface area contributed by atoms with E-state index in [1.807, 2.05) is 24.3 Å². The summed E-state index contributed by atoms with van der Waals surface area (Å²) in [6.45, 7) is 0.773. The zero-order valence-corrected chi connectivity index (χ0v) is 11.9. The van der Waals surface area contributed by atoms with Gasteiger partial charge >= 0.3 is 11.9 Å². The standard InChI is InChI=1S/C13H16BrNO4/c14-11-3-1-2-9(6-11)4-5-15-8-10(13(18)19)7-12(16)17/h1-3,6,10,15H,4-5,7-8H2,(H,16,17)(H,18,19). The van der Waals surface area contributed by atoms with E-state index in [0.717, 1.165) is 16.5 Å². The Bertz CT molecular complexity index is 450. The van der Waals surface area contributed by atoms with E-state index in [1.54, 1.807) is 0 Å². The zero-order valence-electron chi connectivity index (χ0n) is 10.3. The Morgan fingerprint density at radius 2 is 2.05 bits per heavy atom. The van der Waals surface area contributed by atoms with Gasteiger partial charge in [0.05, 0.1) is 12.3 Å². The molecule has 0 amide bonds. The minimum Gasteiger partial charge on any atom is -0.481 e. The summed E-state index contributed by atoms with van der Waals surface area (Å²) in [6, 6.07) is 7.85. The molecule has 6 heteroatoms. The Morgan fingerprint density at radius 1 is 1.32 bits per heavy atom. The van der Waals surface area contributed by atoms with Gasteiger partial charge in [-0.05, 0) is 30.7 Å². The molecule has 0 spiro atoms. The van der Waals surface area contributed by atoms with Crippen molar-refractivity contribution in [1.82, 2.24) is 5.32 Å². The van der Waals surface area contributed by atoms with Gasteiger partial charge in [0, 0.05) is 11.0 Å². The number of rotatable bonds is 8. The van der Waals surface area contributed by atoms with Gasteiger partial charge in [0.2, 0.25) is 0 Å². The predicted octanol–water partition coefficient (Wildman–Crippen LogP) is 1.76. The molecule has 0 radical (unpaired) electrons. The van der Waals surface area contributed by atoms with Crippen molar-refractivity contribution in [2.24, 2.45) is 5.92 Å². The van der Waals surface area contributed by atoms with Gasteiger partial charge in [-0.15, -0.1) is 0 Å². The second-order valence-electron chi connectivity index (χ2n) is 4.22. The SMILES string of the molecule is O=C(O)CC(CNCCc1cccc(Br)c1)C(=O)O. The van der Waals surface area contributed by atoms with E-state index in [4.69, 9.17) is 10.2 Å². The highest BCUT2D eigenvalue weighted by Gasteiger charge is 2.20. The van der Waals surface area contributed by atoms with Gasteiger partial charge in [-0.1, -0.05) is 28.1 Å². The molecule has 5 nitrogen and oxygen atoms in total. The van der Waals surface area contributed by atoms with Crippen molar-refractivity contribution in [2.75, 3.05) is 13.1 Å². The third-order valence-electron chi connectivity index (χ3n) is 2.64. The number of halogens is 1. The van der Waals surface area contributed by atoms with Crippen molar-refractivity contribution >= 4 is 27.9 Å². The minimum atomic E-state index is -1.10. The number of carboxylic acids is 2. The van der Waals surface area contributed by atoms with E-state index in [2.05, 4.69) is 21.2 Å². The molecule has 0 heterocycles. The molecule has 0 saturated heterocycles. The van der Waals surface area contributed by atoms with Crippen LogP contribution >= 0.6 is 15.9 Å². The Balaban J connectivity index is 2.32. The number of hydrogen-bond acceptors (Lipinski definition) is 3. The summed E-state index contributed by atoms with van der Waals surface area (Å²) < 4.78 is 0.999. The monoisotopic (exact) mass is 329 g/mol. The second-order valence-corrected chi connectivity index (χ2v) is 5.13. The maximum atomic E-state index is 10.8. The molecule has 104 valence electrons. The van der Waals surface area contributed by atoms with Crippen molar-refractivity contribution in [2.45, 2.75) is 12.8 Å². The summed E-state index contributed by atoms with van der Waals surface area (Å²) in [5, 5.41) is 20.4. The van der Waals surface area contributed by atoms with Crippen molar-refractivity contribution in [3.05, 3.63) is 34.3 Å². The van der Waals surface area contributed by atoms with Crippen LogP contribution in [0.5, 0.6) is 0 Å². The molecule has 1 aromatic rings. The van der Waals surface area contributed by atoms with Crippen LogP contribution in [0.15, 0.2) is 28.7 Å². The van der Waals surface area contributed by atoms with Gasteiger partial charge in [-0.25, -0.2) is 0 Å². The summed E-state index contributed by atoms with van der Waals surface area (Å²) in [6.07, 6.45) is 0.401. The summed E-state index contributed by atoms with van der Waals surface area (Å²) in [5.41, 5.74) is 1.13. The van der Waals surface area contributed by atoms with Crippen LogP contribution in [0.3, 0.4) is 0 Å². The van der Waals surface area contributed by atoms with Gasteiger partial charge in [-0.3, -0.25) is 9.59 Å². The number of hydrogen-bond donors (Lipinski definition) is 3. The molecule has 19 heavy (non-hydrogen) atoms. The van der Waals surface area contributed by atoms with E-state index < -0.39 is 17.9 Å². The predicted molar refractivity (Wildman–Crippen MR) is 74.1 cm³/mol. The maximum absolute atomic E-state index is 10.8. The first-order valence-electron chi connectivity index (χ1n) is 5.89. The fourth-order valence-electron chi connectivity index (χ4n) is 1.66. The molecule has 3 N–H and O–H groups in total. The molecular weight excluding hydrogens is 314 g/mol. The summed E-state index contributed by atoms with van der Waals surface area (Å²) in [4.78, 5) is 21.3. The van der Waals surface area contributed by atoms with Gasteiger partial charge in [0.1, 0.15) is 0 Å². The first-order valence-corrected chi connectivity index (χ1v) is 6.68. The second kappa shape index (κ2) is 7.91.